The highest BCUT2D eigenvalue weighted by Crippen LogP contribution is 2.25. The van der Waals surface area contributed by atoms with Gasteiger partial charge in [0, 0.05) is 18.3 Å². The molecule has 0 bridgehead atoms. The molecule has 0 aliphatic carbocycles. The predicted octanol–water partition coefficient (Wildman–Crippen LogP) is 2.45. The van der Waals surface area contributed by atoms with E-state index in [9.17, 15) is 20.2 Å². The normalized spacial score (nSPS) is 10.3. The number of hydrogen-bond donors (Lipinski definition) is 0. The zero-order valence-electron chi connectivity index (χ0n) is 8.69. The van der Waals surface area contributed by atoms with Gasteiger partial charge in [0.25, 0.3) is 11.4 Å². The molecule has 0 amide bonds. The Hall–Kier alpha value is -2.29. The number of non-ortho nitro benzene ring substituents is 2. The molecule has 1 aromatic carbocycles. The molecule has 18 heavy (non-hydrogen) atoms. The monoisotopic (exact) mass is 312 g/mol. The Kier molecular flexibility index (Phi) is 3.06. The summed E-state index contributed by atoms with van der Waals surface area (Å²) in [7, 11) is 0. The van der Waals surface area contributed by atoms with Gasteiger partial charge >= 0.3 is 0 Å². The summed E-state index contributed by atoms with van der Waals surface area (Å²) in [5.74, 6) is 0. The van der Waals surface area contributed by atoms with Crippen LogP contribution in [0.2, 0.25) is 0 Å². The molecule has 0 aliphatic rings. The minimum absolute atomic E-state index is 0.251. The van der Waals surface area contributed by atoms with E-state index in [0.29, 0.717) is 4.47 Å². The Balaban J connectivity index is 2.60. The first-order chi connectivity index (χ1) is 8.47. The topological polar surface area (TPSA) is 104 Å². The average Bonchev–Trinajstić information content (AvgIpc) is 2.75. The second kappa shape index (κ2) is 4.53. The molecule has 0 spiro atoms. The van der Waals surface area contributed by atoms with Crippen molar-refractivity contribution in [2.24, 2.45) is 0 Å². The Morgan fingerprint density at radius 2 is 1.67 bits per heavy atom. The number of nitrogens with zero attached hydrogens (tertiary/aromatic N) is 4. The van der Waals surface area contributed by atoms with Crippen molar-refractivity contribution in [1.82, 2.24) is 9.78 Å². The van der Waals surface area contributed by atoms with Gasteiger partial charge in [-0.1, -0.05) is 0 Å². The average molecular weight is 313 g/mol. The predicted molar refractivity (Wildman–Crippen MR) is 64.6 cm³/mol. The smallest absolute Gasteiger partial charge is 0.258 e. The first kappa shape index (κ1) is 12.2. The number of benzene rings is 1. The van der Waals surface area contributed by atoms with E-state index in [1.54, 1.807) is 6.20 Å². The minimum Gasteiger partial charge on any atom is -0.258 e. The number of hydrogen-bond acceptors (Lipinski definition) is 5. The fraction of sp³-hybridized carbons (Fsp3) is 0. The molecule has 1 aromatic heterocycles. The summed E-state index contributed by atoms with van der Waals surface area (Å²) in [4.78, 5) is 20.0. The zero-order valence-corrected chi connectivity index (χ0v) is 10.3. The number of halogens is 1. The second-order valence-electron chi connectivity index (χ2n) is 3.32. The second-order valence-corrected chi connectivity index (χ2v) is 4.24. The summed E-state index contributed by atoms with van der Waals surface area (Å²) >= 11 is 3.17. The van der Waals surface area contributed by atoms with Gasteiger partial charge < -0.3 is 0 Å². The van der Waals surface area contributed by atoms with E-state index in [1.807, 2.05) is 0 Å². The molecule has 0 N–H and O–H groups in total. The number of nitro benzene ring substituents is 2. The van der Waals surface area contributed by atoms with Crippen molar-refractivity contribution in [3.05, 3.63) is 55.3 Å². The molecule has 0 radical (unpaired) electrons. The summed E-state index contributed by atoms with van der Waals surface area (Å²) in [6.45, 7) is 0. The van der Waals surface area contributed by atoms with Crippen LogP contribution in [0.4, 0.5) is 11.4 Å². The molecule has 9 heteroatoms. The third-order valence-electron chi connectivity index (χ3n) is 2.12. The molecule has 0 saturated heterocycles. The van der Waals surface area contributed by atoms with E-state index in [2.05, 4.69) is 21.0 Å². The van der Waals surface area contributed by atoms with Crippen LogP contribution in [-0.4, -0.2) is 19.6 Å². The Morgan fingerprint density at radius 3 is 2.06 bits per heavy atom. The lowest BCUT2D eigenvalue weighted by molar-refractivity contribution is -0.394. The third-order valence-corrected chi connectivity index (χ3v) is 2.53. The fourth-order valence-corrected chi connectivity index (χ4v) is 1.65. The SMILES string of the molecule is O=[N+]([O-])c1cc(-n2cc(Br)cn2)cc([N+](=O)[O-])c1. The van der Waals surface area contributed by atoms with Gasteiger partial charge in [-0.05, 0) is 15.9 Å². The Morgan fingerprint density at radius 1 is 1.11 bits per heavy atom. The fourth-order valence-electron chi connectivity index (χ4n) is 1.36. The molecule has 0 aliphatic heterocycles. The van der Waals surface area contributed by atoms with Gasteiger partial charge in [0.05, 0.1) is 32.3 Å². The maximum absolute atomic E-state index is 10.7. The standard InChI is InChI=1S/C9H5BrN4O4/c10-6-4-11-12(5-6)7-1-8(13(15)16)3-9(2-7)14(17)18/h1-5H. The highest BCUT2D eigenvalue weighted by Gasteiger charge is 2.17. The van der Waals surface area contributed by atoms with Gasteiger partial charge in [0.15, 0.2) is 0 Å². The van der Waals surface area contributed by atoms with Crippen LogP contribution in [0.15, 0.2) is 35.1 Å². The first-order valence-corrected chi connectivity index (χ1v) is 5.41. The van der Waals surface area contributed by atoms with Crippen LogP contribution >= 0.6 is 15.9 Å². The lowest BCUT2D eigenvalue weighted by Crippen LogP contribution is -1.99. The van der Waals surface area contributed by atoms with Crippen molar-refractivity contribution >= 4 is 27.3 Å². The van der Waals surface area contributed by atoms with Crippen LogP contribution in [0.3, 0.4) is 0 Å². The van der Waals surface area contributed by atoms with Crippen molar-refractivity contribution in [3.63, 3.8) is 0 Å². The summed E-state index contributed by atoms with van der Waals surface area (Å²) in [6, 6.07) is 3.33. The third kappa shape index (κ3) is 2.35. The molecule has 92 valence electrons. The Labute approximate surface area is 108 Å². The molecular formula is C9H5BrN4O4. The maximum atomic E-state index is 10.7. The van der Waals surface area contributed by atoms with E-state index < -0.39 is 9.85 Å². The summed E-state index contributed by atoms with van der Waals surface area (Å²) < 4.78 is 1.97. The van der Waals surface area contributed by atoms with Crippen molar-refractivity contribution < 1.29 is 9.85 Å². The minimum atomic E-state index is -0.685. The van der Waals surface area contributed by atoms with Crippen LogP contribution in [-0.2, 0) is 0 Å². The molecule has 0 atom stereocenters. The van der Waals surface area contributed by atoms with Crippen LogP contribution in [0.25, 0.3) is 5.69 Å². The van der Waals surface area contributed by atoms with Gasteiger partial charge in [-0.3, -0.25) is 20.2 Å². The van der Waals surface area contributed by atoms with Gasteiger partial charge in [0.2, 0.25) is 0 Å². The van der Waals surface area contributed by atoms with Crippen LogP contribution in [0.5, 0.6) is 0 Å². The highest BCUT2D eigenvalue weighted by atomic mass is 79.9. The quantitative estimate of drug-likeness (QED) is 0.639. The van der Waals surface area contributed by atoms with Crippen LogP contribution in [0, 0.1) is 20.2 Å². The number of aromatic nitrogens is 2. The van der Waals surface area contributed by atoms with Gasteiger partial charge in [0.1, 0.15) is 0 Å². The van der Waals surface area contributed by atoms with Crippen molar-refractivity contribution in [2.75, 3.05) is 0 Å². The van der Waals surface area contributed by atoms with Gasteiger partial charge in [-0.25, -0.2) is 4.68 Å². The van der Waals surface area contributed by atoms with E-state index in [4.69, 9.17) is 0 Å². The van der Waals surface area contributed by atoms with Crippen LogP contribution in [0.1, 0.15) is 0 Å². The molecule has 0 fully saturated rings. The van der Waals surface area contributed by atoms with Crippen LogP contribution < -0.4 is 0 Å². The summed E-state index contributed by atoms with van der Waals surface area (Å²) in [5.41, 5.74) is -0.460. The lowest BCUT2D eigenvalue weighted by Gasteiger charge is -2.01. The van der Waals surface area contributed by atoms with Crippen molar-refractivity contribution in [3.8, 4) is 5.69 Å². The zero-order chi connectivity index (χ0) is 13.3. The molecule has 1 heterocycles. The van der Waals surface area contributed by atoms with Gasteiger partial charge in [-0.2, -0.15) is 5.10 Å². The summed E-state index contributed by atoms with van der Waals surface area (Å²) in [6.07, 6.45) is 3.02. The first-order valence-electron chi connectivity index (χ1n) is 4.62. The van der Waals surface area contributed by atoms with E-state index >= 15 is 0 Å². The summed E-state index contributed by atoms with van der Waals surface area (Å²) in [5, 5.41) is 25.3. The molecule has 0 unspecified atom stereocenters. The highest BCUT2D eigenvalue weighted by molar-refractivity contribution is 9.10. The molecule has 0 saturated carbocycles. The Bertz CT molecular complexity index is 607. The maximum Gasteiger partial charge on any atom is 0.278 e. The lowest BCUT2D eigenvalue weighted by atomic mass is 10.2. The van der Waals surface area contributed by atoms with E-state index in [0.717, 1.165) is 6.07 Å². The molecule has 8 nitrogen and oxygen atoms in total. The van der Waals surface area contributed by atoms with Crippen molar-refractivity contribution in [2.45, 2.75) is 0 Å². The molecular weight excluding hydrogens is 308 g/mol. The number of rotatable bonds is 3. The largest absolute Gasteiger partial charge is 0.278 e. The van der Waals surface area contributed by atoms with E-state index in [-0.39, 0.29) is 17.1 Å². The van der Waals surface area contributed by atoms with Crippen molar-refractivity contribution in [1.29, 1.82) is 0 Å². The number of nitro groups is 2. The molecule has 2 rings (SSSR count). The molecule has 2 aromatic rings. The van der Waals surface area contributed by atoms with Gasteiger partial charge in [-0.15, -0.1) is 0 Å². The van der Waals surface area contributed by atoms with E-state index in [1.165, 1.54) is 23.0 Å².